The standard InChI is InChI=1S/C30H34N2O8/c1-2-6-18(13-19-7-3-4-10-25(19)35)11-12-26(36)27-20(16-33)14-23-28(24(27)17-34)30(38)31(29(23)37)21-8-5-9-22(15-21)32(39)40/h3-5,7-10,13,15,23-24,26,28,33-36H,2,6,11-12,14,16-17H2,1H3/b18-13+/t23-,24+,26-,28-/m1/s1. The fourth-order valence-electron chi connectivity index (χ4n) is 6.00. The lowest BCUT2D eigenvalue weighted by Crippen LogP contribution is -2.39. The van der Waals surface area contributed by atoms with Crippen LogP contribution < -0.4 is 4.90 Å². The summed E-state index contributed by atoms with van der Waals surface area (Å²) >= 11 is 0. The number of aromatic hydroxyl groups is 1. The van der Waals surface area contributed by atoms with Crippen molar-refractivity contribution in [1.29, 1.82) is 0 Å². The lowest BCUT2D eigenvalue weighted by molar-refractivity contribution is -0.384. The number of nitrogens with zero attached hydrogens (tertiary/aromatic N) is 2. The van der Waals surface area contributed by atoms with Crippen LogP contribution in [0.5, 0.6) is 5.75 Å². The Morgan fingerprint density at radius 3 is 2.52 bits per heavy atom. The second-order valence-electron chi connectivity index (χ2n) is 10.3. The zero-order valence-corrected chi connectivity index (χ0v) is 22.3. The molecule has 1 aliphatic carbocycles. The van der Waals surface area contributed by atoms with Crippen molar-refractivity contribution in [3.05, 3.63) is 80.9 Å². The molecule has 0 radical (unpaired) electrons. The van der Waals surface area contributed by atoms with E-state index in [4.69, 9.17) is 0 Å². The SMILES string of the molecule is CCC/C(=C\c1ccccc1O)CC[C@@H](O)C1=C(CO)C[C@H]2C(=O)N(c3cccc([N+](=O)[O-])c3)C(=O)[C@H]2[C@H]1CO. The quantitative estimate of drug-likeness (QED) is 0.142. The number of phenolic OH excluding ortho intramolecular Hbond substituents is 1. The van der Waals surface area contributed by atoms with Crippen molar-refractivity contribution in [3.8, 4) is 5.75 Å². The number of amides is 2. The Hall–Kier alpha value is -3.86. The number of phenols is 1. The van der Waals surface area contributed by atoms with Gasteiger partial charge >= 0.3 is 0 Å². The third-order valence-corrected chi connectivity index (χ3v) is 7.84. The first kappa shape index (κ1) is 29.1. The number of aliphatic hydroxyl groups is 3. The Morgan fingerprint density at radius 2 is 1.88 bits per heavy atom. The van der Waals surface area contributed by atoms with Crippen LogP contribution in [-0.4, -0.2) is 56.5 Å². The third-order valence-electron chi connectivity index (χ3n) is 7.84. The Labute approximate surface area is 232 Å². The van der Waals surface area contributed by atoms with E-state index in [2.05, 4.69) is 0 Å². The van der Waals surface area contributed by atoms with Crippen molar-refractivity contribution in [2.24, 2.45) is 17.8 Å². The first-order chi connectivity index (χ1) is 19.2. The van der Waals surface area contributed by atoms with Gasteiger partial charge < -0.3 is 20.4 Å². The number of nitro groups is 1. The summed E-state index contributed by atoms with van der Waals surface area (Å²) in [5.74, 6) is -3.72. The molecule has 0 spiro atoms. The molecule has 1 fully saturated rings. The number of rotatable bonds is 11. The highest BCUT2D eigenvalue weighted by molar-refractivity contribution is 6.22. The molecule has 0 bridgehead atoms. The molecule has 2 aromatic rings. The first-order valence-electron chi connectivity index (χ1n) is 13.4. The average molecular weight is 551 g/mol. The van der Waals surface area contributed by atoms with Crippen LogP contribution in [0, 0.1) is 27.9 Å². The number of para-hydroxylation sites is 1. The number of allylic oxidation sites excluding steroid dienone is 1. The van der Waals surface area contributed by atoms with Crippen molar-refractivity contribution < 1.29 is 34.9 Å². The molecule has 40 heavy (non-hydrogen) atoms. The second-order valence-corrected chi connectivity index (χ2v) is 10.3. The van der Waals surface area contributed by atoms with Gasteiger partial charge in [-0.25, -0.2) is 4.90 Å². The normalized spacial score (nSPS) is 22.1. The van der Waals surface area contributed by atoms with Gasteiger partial charge in [-0.1, -0.05) is 49.3 Å². The van der Waals surface area contributed by atoms with Crippen LogP contribution >= 0.6 is 0 Å². The molecule has 0 saturated carbocycles. The summed E-state index contributed by atoms with van der Waals surface area (Å²) in [7, 11) is 0. The van der Waals surface area contributed by atoms with Crippen LogP contribution in [-0.2, 0) is 9.59 Å². The van der Waals surface area contributed by atoms with Crippen LogP contribution in [0.3, 0.4) is 0 Å². The molecule has 10 heteroatoms. The highest BCUT2D eigenvalue weighted by Gasteiger charge is 2.55. The minimum Gasteiger partial charge on any atom is -0.507 e. The molecule has 1 saturated heterocycles. The van der Waals surface area contributed by atoms with Crippen LogP contribution in [0.15, 0.2) is 65.3 Å². The number of carbonyl (C=O) groups is 2. The van der Waals surface area contributed by atoms with Crippen molar-refractivity contribution in [2.75, 3.05) is 18.1 Å². The topological polar surface area (TPSA) is 161 Å². The molecule has 4 rings (SSSR count). The zero-order chi connectivity index (χ0) is 29.0. The van der Waals surface area contributed by atoms with Crippen LogP contribution in [0.25, 0.3) is 6.08 Å². The van der Waals surface area contributed by atoms with Gasteiger partial charge in [-0.2, -0.15) is 0 Å². The molecule has 1 aliphatic heterocycles. The van der Waals surface area contributed by atoms with E-state index < -0.39 is 53.8 Å². The lowest BCUT2D eigenvalue weighted by Gasteiger charge is -2.36. The molecular weight excluding hydrogens is 516 g/mol. The number of non-ortho nitro benzene ring substituents is 1. The molecule has 2 amide bonds. The Kier molecular flexibility index (Phi) is 9.14. The summed E-state index contributed by atoms with van der Waals surface area (Å²) in [6.07, 6.45) is 3.17. The van der Waals surface area contributed by atoms with E-state index in [-0.39, 0.29) is 30.0 Å². The Morgan fingerprint density at radius 1 is 1.12 bits per heavy atom. The first-order valence-corrected chi connectivity index (χ1v) is 13.4. The summed E-state index contributed by atoms with van der Waals surface area (Å²) in [5.41, 5.74) is 2.26. The maximum Gasteiger partial charge on any atom is 0.271 e. The zero-order valence-electron chi connectivity index (χ0n) is 22.3. The van der Waals surface area contributed by atoms with Gasteiger partial charge in [0.25, 0.3) is 5.69 Å². The van der Waals surface area contributed by atoms with E-state index in [1.54, 1.807) is 18.2 Å². The van der Waals surface area contributed by atoms with Crippen molar-refractivity contribution in [1.82, 2.24) is 0 Å². The van der Waals surface area contributed by atoms with Gasteiger partial charge in [-0.15, -0.1) is 0 Å². The molecule has 10 nitrogen and oxygen atoms in total. The molecule has 2 aliphatic rings. The number of benzene rings is 2. The van der Waals surface area contributed by atoms with Crippen LogP contribution in [0.2, 0.25) is 0 Å². The minimum atomic E-state index is -1.08. The summed E-state index contributed by atoms with van der Waals surface area (Å²) in [6, 6.07) is 12.2. The van der Waals surface area contributed by atoms with Gasteiger partial charge in [0.1, 0.15) is 5.75 Å². The fraction of sp³-hybridized carbons (Fsp3) is 0.400. The fourth-order valence-corrected chi connectivity index (χ4v) is 6.00. The molecule has 4 atom stereocenters. The molecule has 212 valence electrons. The Bertz CT molecular complexity index is 1350. The van der Waals surface area contributed by atoms with E-state index in [1.165, 1.54) is 18.2 Å². The maximum atomic E-state index is 13.6. The second kappa shape index (κ2) is 12.5. The number of hydrogen-bond donors (Lipinski definition) is 4. The largest absolute Gasteiger partial charge is 0.507 e. The predicted molar refractivity (Wildman–Crippen MR) is 148 cm³/mol. The third kappa shape index (κ3) is 5.70. The predicted octanol–water partition coefficient (Wildman–Crippen LogP) is 3.73. The highest BCUT2D eigenvalue weighted by atomic mass is 16.6. The van der Waals surface area contributed by atoms with E-state index in [1.807, 2.05) is 19.1 Å². The smallest absolute Gasteiger partial charge is 0.271 e. The van der Waals surface area contributed by atoms with Crippen LogP contribution in [0.4, 0.5) is 11.4 Å². The molecule has 4 N–H and O–H groups in total. The summed E-state index contributed by atoms with van der Waals surface area (Å²) in [5, 5.41) is 53.3. The van der Waals surface area contributed by atoms with Gasteiger partial charge in [-0.3, -0.25) is 19.7 Å². The van der Waals surface area contributed by atoms with Gasteiger partial charge in [0.15, 0.2) is 0 Å². The van der Waals surface area contributed by atoms with Gasteiger partial charge in [0.2, 0.25) is 11.8 Å². The van der Waals surface area contributed by atoms with Gasteiger partial charge in [-0.05, 0) is 49.0 Å². The van der Waals surface area contributed by atoms with Gasteiger partial charge in [0.05, 0.1) is 41.8 Å². The molecule has 0 unspecified atom stereocenters. The number of imide groups is 1. The van der Waals surface area contributed by atoms with Gasteiger partial charge in [0, 0.05) is 23.6 Å². The van der Waals surface area contributed by atoms with Crippen molar-refractivity contribution >= 4 is 29.3 Å². The number of aliphatic hydroxyl groups excluding tert-OH is 3. The summed E-state index contributed by atoms with van der Waals surface area (Å²) in [4.78, 5) is 38.5. The number of carbonyl (C=O) groups excluding carboxylic acids is 2. The van der Waals surface area contributed by atoms with Crippen molar-refractivity contribution in [2.45, 2.75) is 45.1 Å². The molecule has 1 heterocycles. The van der Waals surface area contributed by atoms with E-state index >= 15 is 0 Å². The van der Waals surface area contributed by atoms with Crippen LogP contribution in [0.1, 0.15) is 44.6 Å². The maximum absolute atomic E-state index is 13.6. The van der Waals surface area contributed by atoms with E-state index in [9.17, 15) is 40.1 Å². The summed E-state index contributed by atoms with van der Waals surface area (Å²) < 4.78 is 0. The monoisotopic (exact) mass is 550 g/mol. The molecular formula is C30H34N2O8. The summed E-state index contributed by atoms with van der Waals surface area (Å²) in [6.45, 7) is 1.06. The minimum absolute atomic E-state index is 0.0373. The number of anilines is 1. The lowest BCUT2D eigenvalue weighted by atomic mass is 9.68. The number of fused-ring (bicyclic) bond motifs is 1. The number of nitro benzene ring substituents is 1. The Balaban J connectivity index is 1.60. The molecule has 0 aromatic heterocycles. The van der Waals surface area contributed by atoms with E-state index in [0.717, 1.165) is 29.4 Å². The number of hydrogen-bond acceptors (Lipinski definition) is 8. The van der Waals surface area contributed by atoms with E-state index in [0.29, 0.717) is 23.1 Å². The van der Waals surface area contributed by atoms with Crippen molar-refractivity contribution in [3.63, 3.8) is 0 Å². The highest BCUT2D eigenvalue weighted by Crippen LogP contribution is 2.47. The average Bonchev–Trinajstić information content (AvgIpc) is 3.20. The molecule has 2 aromatic carbocycles.